The predicted molar refractivity (Wildman–Crippen MR) is 67.6 cm³/mol. The molecule has 0 radical (unpaired) electrons. The van der Waals surface area contributed by atoms with Crippen LogP contribution in [0.4, 0.5) is 0 Å². The van der Waals surface area contributed by atoms with E-state index in [0.29, 0.717) is 12.5 Å². The summed E-state index contributed by atoms with van der Waals surface area (Å²) in [6.07, 6.45) is 4.41. The molecule has 2 N–H and O–H groups in total. The van der Waals surface area contributed by atoms with Gasteiger partial charge in [0.1, 0.15) is 0 Å². The van der Waals surface area contributed by atoms with E-state index in [4.69, 9.17) is 0 Å². The van der Waals surface area contributed by atoms with E-state index in [1.807, 2.05) is 19.4 Å². The van der Waals surface area contributed by atoms with Gasteiger partial charge in [0, 0.05) is 31.9 Å². The van der Waals surface area contributed by atoms with Gasteiger partial charge in [-0.2, -0.15) is 5.10 Å². The molecule has 0 saturated heterocycles. The Morgan fingerprint density at radius 1 is 1.50 bits per heavy atom. The largest absolute Gasteiger partial charge is 0.392 e. The summed E-state index contributed by atoms with van der Waals surface area (Å²) in [5, 5.41) is 16.9. The predicted octanol–water partition coefficient (Wildman–Crippen LogP) is 1.34. The molecule has 0 aliphatic rings. The van der Waals surface area contributed by atoms with Gasteiger partial charge in [-0.15, -0.1) is 12.4 Å². The van der Waals surface area contributed by atoms with Gasteiger partial charge in [-0.05, 0) is 12.3 Å². The van der Waals surface area contributed by atoms with Crippen LogP contribution in [0.5, 0.6) is 0 Å². The van der Waals surface area contributed by atoms with Gasteiger partial charge in [-0.1, -0.05) is 13.8 Å². The summed E-state index contributed by atoms with van der Waals surface area (Å²) in [7, 11) is 1.90. The van der Waals surface area contributed by atoms with Crippen molar-refractivity contribution in [2.45, 2.75) is 32.9 Å². The smallest absolute Gasteiger partial charge is 0.0667 e. The third-order valence-electron chi connectivity index (χ3n) is 2.21. The molecule has 0 aliphatic carbocycles. The lowest BCUT2D eigenvalue weighted by Crippen LogP contribution is -2.27. The number of aromatic nitrogens is 2. The molecule has 0 amide bonds. The van der Waals surface area contributed by atoms with Gasteiger partial charge in [-0.25, -0.2) is 0 Å². The maximum atomic E-state index is 9.62. The molecule has 0 spiro atoms. The van der Waals surface area contributed by atoms with Gasteiger partial charge >= 0.3 is 0 Å². The van der Waals surface area contributed by atoms with Gasteiger partial charge in [-0.3, -0.25) is 4.68 Å². The molecule has 0 saturated carbocycles. The zero-order valence-electron chi connectivity index (χ0n) is 10.2. The second kappa shape index (κ2) is 7.65. The topological polar surface area (TPSA) is 50.1 Å². The van der Waals surface area contributed by atoms with Crippen molar-refractivity contribution in [2.24, 2.45) is 13.0 Å². The second-order valence-electron chi connectivity index (χ2n) is 4.44. The van der Waals surface area contributed by atoms with Crippen molar-refractivity contribution in [3.05, 3.63) is 18.0 Å². The number of rotatable bonds is 6. The molecule has 0 fully saturated rings. The molecule has 1 rings (SSSR count). The Labute approximate surface area is 103 Å². The highest BCUT2D eigenvalue weighted by Crippen LogP contribution is 2.03. The van der Waals surface area contributed by atoms with Crippen molar-refractivity contribution in [1.29, 1.82) is 0 Å². The second-order valence-corrected chi connectivity index (χ2v) is 4.44. The van der Waals surface area contributed by atoms with Crippen LogP contribution in [0.15, 0.2) is 12.4 Å². The molecule has 0 bridgehead atoms. The highest BCUT2D eigenvalue weighted by molar-refractivity contribution is 5.85. The van der Waals surface area contributed by atoms with Crippen molar-refractivity contribution >= 4 is 12.4 Å². The third-order valence-corrected chi connectivity index (χ3v) is 2.21. The maximum Gasteiger partial charge on any atom is 0.0667 e. The fourth-order valence-corrected chi connectivity index (χ4v) is 1.57. The van der Waals surface area contributed by atoms with Gasteiger partial charge < -0.3 is 10.4 Å². The summed E-state index contributed by atoms with van der Waals surface area (Å²) in [6, 6.07) is 0. The van der Waals surface area contributed by atoms with E-state index in [1.165, 1.54) is 0 Å². The number of hydrogen-bond donors (Lipinski definition) is 2. The van der Waals surface area contributed by atoms with Gasteiger partial charge in [0.2, 0.25) is 0 Å². The van der Waals surface area contributed by atoms with E-state index in [2.05, 4.69) is 24.3 Å². The van der Waals surface area contributed by atoms with E-state index in [1.54, 1.807) is 4.68 Å². The zero-order chi connectivity index (χ0) is 11.3. The van der Waals surface area contributed by atoms with Crippen LogP contribution in [0, 0.1) is 5.92 Å². The minimum atomic E-state index is -0.248. The SMILES string of the molecule is CC(C)CC(O)CNCc1cnn(C)c1.Cl. The molecular weight excluding hydrogens is 226 g/mol. The van der Waals surface area contributed by atoms with E-state index < -0.39 is 0 Å². The third kappa shape index (κ3) is 6.10. The van der Waals surface area contributed by atoms with Crippen LogP contribution in [0.25, 0.3) is 0 Å². The number of aliphatic hydroxyl groups is 1. The van der Waals surface area contributed by atoms with Crippen molar-refractivity contribution in [3.8, 4) is 0 Å². The lowest BCUT2D eigenvalue weighted by molar-refractivity contribution is 0.146. The molecule has 1 heterocycles. The number of halogens is 1. The molecular formula is C11H22ClN3O. The van der Waals surface area contributed by atoms with Crippen molar-refractivity contribution in [3.63, 3.8) is 0 Å². The first-order valence-corrected chi connectivity index (χ1v) is 5.44. The lowest BCUT2D eigenvalue weighted by atomic mass is 10.1. The average Bonchev–Trinajstić information content (AvgIpc) is 2.50. The average molecular weight is 248 g/mol. The molecule has 1 aromatic rings. The summed E-state index contributed by atoms with van der Waals surface area (Å²) >= 11 is 0. The Morgan fingerprint density at radius 3 is 2.69 bits per heavy atom. The monoisotopic (exact) mass is 247 g/mol. The van der Waals surface area contributed by atoms with E-state index in [-0.39, 0.29) is 18.5 Å². The maximum absolute atomic E-state index is 9.62. The summed E-state index contributed by atoms with van der Waals surface area (Å²) < 4.78 is 1.78. The van der Waals surface area contributed by atoms with Crippen LogP contribution < -0.4 is 5.32 Å². The van der Waals surface area contributed by atoms with Crippen LogP contribution in [-0.2, 0) is 13.6 Å². The first-order valence-electron chi connectivity index (χ1n) is 5.44. The van der Waals surface area contributed by atoms with E-state index in [9.17, 15) is 5.11 Å². The fraction of sp³-hybridized carbons (Fsp3) is 0.727. The normalized spacial score (nSPS) is 12.6. The Hall–Kier alpha value is -0.580. The molecule has 5 heteroatoms. The summed E-state index contributed by atoms with van der Waals surface area (Å²) in [6.45, 7) is 5.64. The van der Waals surface area contributed by atoms with E-state index in [0.717, 1.165) is 18.5 Å². The first-order chi connectivity index (χ1) is 7.08. The molecule has 94 valence electrons. The Kier molecular flexibility index (Phi) is 7.38. The van der Waals surface area contributed by atoms with E-state index >= 15 is 0 Å². The minimum Gasteiger partial charge on any atom is -0.392 e. The quantitative estimate of drug-likeness (QED) is 0.798. The van der Waals surface area contributed by atoms with Crippen molar-refractivity contribution < 1.29 is 5.11 Å². The lowest BCUT2D eigenvalue weighted by Gasteiger charge is -2.13. The Balaban J connectivity index is 0.00000225. The zero-order valence-corrected chi connectivity index (χ0v) is 11.0. The first kappa shape index (κ1) is 15.4. The molecule has 16 heavy (non-hydrogen) atoms. The van der Waals surface area contributed by atoms with Gasteiger partial charge in [0.05, 0.1) is 12.3 Å². The number of aryl methyl sites for hydroxylation is 1. The number of aliphatic hydroxyl groups excluding tert-OH is 1. The van der Waals surface area contributed by atoms with Crippen LogP contribution in [0.2, 0.25) is 0 Å². The molecule has 1 aromatic heterocycles. The van der Waals surface area contributed by atoms with Crippen LogP contribution in [0.1, 0.15) is 25.8 Å². The van der Waals surface area contributed by atoms with Crippen LogP contribution in [-0.4, -0.2) is 27.5 Å². The van der Waals surface area contributed by atoms with Gasteiger partial charge in [0.25, 0.3) is 0 Å². The van der Waals surface area contributed by atoms with Gasteiger partial charge in [0.15, 0.2) is 0 Å². The highest BCUT2D eigenvalue weighted by Gasteiger charge is 2.06. The summed E-state index contributed by atoms with van der Waals surface area (Å²) in [5.41, 5.74) is 1.15. The fourth-order valence-electron chi connectivity index (χ4n) is 1.57. The van der Waals surface area contributed by atoms with Crippen LogP contribution >= 0.6 is 12.4 Å². The number of nitrogens with one attached hydrogen (secondary N) is 1. The number of hydrogen-bond acceptors (Lipinski definition) is 3. The van der Waals surface area contributed by atoms with Crippen LogP contribution in [0.3, 0.4) is 0 Å². The number of nitrogens with zero attached hydrogens (tertiary/aromatic N) is 2. The molecule has 1 atom stereocenters. The summed E-state index contributed by atoms with van der Waals surface area (Å²) in [5.74, 6) is 0.542. The molecule has 1 unspecified atom stereocenters. The Morgan fingerprint density at radius 2 is 2.19 bits per heavy atom. The highest BCUT2D eigenvalue weighted by atomic mass is 35.5. The molecule has 0 aliphatic heterocycles. The van der Waals surface area contributed by atoms with Crippen molar-refractivity contribution in [2.75, 3.05) is 6.54 Å². The minimum absolute atomic E-state index is 0. The summed E-state index contributed by atoms with van der Waals surface area (Å²) in [4.78, 5) is 0. The Bertz CT molecular complexity index is 289. The van der Waals surface area contributed by atoms with Crippen molar-refractivity contribution in [1.82, 2.24) is 15.1 Å². The molecule has 4 nitrogen and oxygen atoms in total. The molecule has 0 aromatic carbocycles. The standard InChI is InChI=1S/C11H21N3O.ClH/c1-9(2)4-11(15)7-12-5-10-6-13-14(3)8-10;/h6,8-9,11-12,15H,4-5,7H2,1-3H3;1H.